The van der Waals surface area contributed by atoms with Crippen molar-refractivity contribution in [3.8, 4) is 11.4 Å². The maximum Gasteiger partial charge on any atom is 0.254 e. The quantitative estimate of drug-likeness (QED) is 0.406. The minimum Gasteiger partial charge on any atom is -0.345 e. The Morgan fingerprint density at radius 2 is 1.80 bits per heavy atom. The maximum absolute atomic E-state index is 13.6. The van der Waals surface area contributed by atoms with Gasteiger partial charge in [-0.3, -0.25) is 14.2 Å². The van der Waals surface area contributed by atoms with Crippen molar-refractivity contribution in [3.05, 3.63) is 65.0 Å². The molecule has 0 saturated heterocycles. The van der Waals surface area contributed by atoms with Crippen LogP contribution in [0.2, 0.25) is 0 Å². The summed E-state index contributed by atoms with van der Waals surface area (Å²) in [7, 11) is 0.178. The number of anilines is 1. The Morgan fingerprint density at radius 1 is 1.11 bits per heavy atom. The number of benzene rings is 2. The van der Waals surface area contributed by atoms with Gasteiger partial charge in [-0.25, -0.2) is 13.4 Å². The van der Waals surface area contributed by atoms with Crippen LogP contribution >= 0.6 is 0 Å². The van der Waals surface area contributed by atoms with Crippen LogP contribution in [0.3, 0.4) is 0 Å². The summed E-state index contributed by atoms with van der Waals surface area (Å²) in [5, 5.41) is 7.52. The number of rotatable bonds is 7. The zero-order valence-electron chi connectivity index (χ0n) is 20.7. The van der Waals surface area contributed by atoms with Gasteiger partial charge in [0.1, 0.15) is 5.82 Å². The van der Waals surface area contributed by atoms with E-state index in [1.54, 1.807) is 23.7 Å². The van der Waals surface area contributed by atoms with Crippen molar-refractivity contribution in [1.82, 2.24) is 24.6 Å². The molecule has 0 aliphatic carbocycles. The first-order chi connectivity index (χ1) is 16.5. The van der Waals surface area contributed by atoms with Crippen molar-refractivity contribution in [2.45, 2.75) is 33.7 Å². The highest BCUT2D eigenvalue weighted by Gasteiger charge is 2.23. The molecule has 4 aromatic rings. The summed E-state index contributed by atoms with van der Waals surface area (Å²) in [5.41, 5.74) is 5.43. The summed E-state index contributed by atoms with van der Waals surface area (Å²) in [6, 6.07) is 12.6. The van der Waals surface area contributed by atoms with E-state index in [0.29, 0.717) is 28.1 Å². The molecule has 2 heterocycles. The van der Waals surface area contributed by atoms with Gasteiger partial charge in [0.05, 0.1) is 39.8 Å². The van der Waals surface area contributed by atoms with Gasteiger partial charge in [0.25, 0.3) is 5.91 Å². The summed E-state index contributed by atoms with van der Waals surface area (Å²) < 4.78 is 30.8. The van der Waals surface area contributed by atoms with E-state index in [4.69, 9.17) is 4.98 Å². The summed E-state index contributed by atoms with van der Waals surface area (Å²) >= 11 is 0. The number of amides is 1. The number of nitrogens with zero attached hydrogens (tertiary/aromatic N) is 4. The standard InChI is InChI=1S/C25H30N6O3S/c1-7-35(33,34)29-19-13-20(25(32)26-15(2)22-16(3)28-31(6)17(22)4)23-21(14-19)27-24(30(23)5)18-11-9-8-10-12-18/h8-15,29H,7H2,1-6H3,(H,26,32). The van der Waals surface area contributed by atoms with Crippen LogP contribution < -0.4 is 10.0 Å². The number of hydrogen-bond donors (Lipinski definition) is 2. The molecule has 9 nitrogen and oxygen atoms in total. The van der Waals surface area contributed by atoms with E-state index in [9.17, 15) is 13.2 Å². The molecule has 0 saturated carbocycles. The number of fused-ring (bicyclic) bond motifs is 1. The third-order valence-electron chi connectivity index (χ3n) is 6.24. The molecule has 0 radical (unpaired) electrons. The van der Waals surface area contributed by atoms with Crippen LogP contribution in [0.1, 0.15) is 47.2 Å². The van der Waals surface area contributed by atoms with Crippen LogP contribution in [-0.2, 0) is 24.1 Å². The summed E-state index contributed by atoms with van der Waals surface area (Å²) in [6.45, 7) is 7.34. The summed E-state index contributed by atoms with van der Waals surface area (Å²) in [4.78, 5) is 18.3. The lowest BCUT2D eigenvalue weighted by Crippen LogP contribution is -2.28. The van der Waals surface area contributed by atoms with Gasteiger partial charge < -0.3 is 9.88 Å². The van der Waals surface area contributed by atoms with Gasteiger partial charge in [0.15, 0.2) is 0 Å². The fraction of sp³-hybridized carbons (Fsp3) is 0.320. The molecule has 35 heavy (non-hydrogen) atoms. The molecule has 10 heteroatoms. The van der Waals surface area contributed by atoms with Crippen LogP contribution in [0.25, 0.3) is 22.4 Å². The lowest BCUT2D eigenvalue weighted by atomic mass is 10.1. The van der Waals surface area contributed by atoms with Gasteiger partial charge in [-0.15, -0.1) is 0 Å². The lowest BCUT2D eigenvalue weighted by molar-refractivity contribution is 0.0941. The minimum absolute atomic E-state index is 0.0827. The molecule has 0 fully saturated rings. The Bertz CT molecular complexity index is 1520. The first kappa shape index (κ1) is 24.5. The first-order valence-electron chi connectivity index (χ1n) is 11.4. The Balaban J connectivity index is 1.83. The third-order valence-corrected chi connectivity index (χ3v) is 7.55. The molecule has 184 valence electrons. The van der Waals surface area contributed by atoms with Crippen molar-refractivity contribution < 1.29 is 13.2 Å². The van der Waals surface area contributed by atoms with Crippen molar-refractivity contribution >= 4 is 32.7 Å². The molecular formula is C25H30N6O3S. The van der Waals surface area contributed by atoms with E-state index >= 15 is 0 Å². The van der Waals surface area contributed by atoms with Crippen molar-refractivity contribution in [2.75, 3.05) is 10.5 Å². The van der Waals surface area contributed by atoms with Crippen LogP contribution in [-0.4, -0.2) is 39.4 Å². The second kappa shape index (κ2) is 9.18. The molecule has 2 aromatic carbocycles. The number of carbonyl (C=O) groups is 1. The molecule has 0 aliphatic rings. The van der Waals surface area contributed by atoms with Crippen molar-refractivity contribution in [3.63, 3.8) is 0 Å². The van der Waals surface area contributed by atoms with Crippen LogP contribution in [0.4, 0.5) is 5.69 Å². The average molecular weight is 495 g/mol. The second-order valence-electron chi connectivity index (χ2n) is 8.66. The SMILES string of the molecule is CCS(=O)(=O)Nc1cc(C(=O)NC(C)c2c(C)nn(C)c2C)c2c(c1)nc(-c1ccccc1)n2C. The van der Waals surface area contributed by atoms with E-state index < -0.39 is 10.0 Å². The number of carbonyl (C=O) groups excluding carboxylic acids is 1. The Kier molecular flexibility index (Phi) is 6.42. The fourth-order valence-corrected chi connectivity index (χ4v) is 5.07. The predicted molar refractivity (Wildman–Crippen MR) is 138 cm³/mol. The molecule has 0 spiro atoms. The number of aryl methyl sites for hydroxylation is 3. The fourth-order valence-electron chi connectivity index (χ4n) is 4.44. The molecular weight excluding hydrogens is 464 g/mol. The topological polar surface area (TPSA) is 111 Å². The molecule has 2 aromatic heterocycles. The molecule has 1 atom stereocenters. The number of aromatic nitrogens is 4. The molecule has 2 N–H and O–H groups in total. The Morgan fingerprint density at radius 3 is 2.40 bits per heavy atom. The highest BCUT2D eigenvalue weighted by Crippen LogP contribution is 2.30. The van der Waals surface area contributed by atoms with Gasteiger partial charge in [0, 0.05) is 30.9 Å². The zero-order valence-corrected chi connectivity index (χ0v) is 21.6. The van der Waals surface area contributed by atoms with E-state index in [2.05, 4.69) is 15.1 Å². The highest BCUT2D eigenvalue weighted by atomic mass is 32.2. The van der Waals surface area contributed by atoms with Crippen LogP contribution in [0.5, 0.6) is 0 Å². The Labute approximate surface area is 205 Å². The normalized spacial score (nSPS) is 12.6. The molecule has 0 aliphatic heterocycles. The number of sulfonamides is 1. The van der Waals surface area contributed by atoms with Crippen LogP contribution in [0, 0.1) is 13.8 Å². The van der Waals surface area contributed by atoms with E-state index in [0.717, 1.165) is 22.5 Å². The number of hydrogen-bond acceptors (Lipinski definition) is 5. The van der Waals surface area contributed by atoms with Crippen LogP contribution in [0.15, 0.2) is 42.5 Å². The third kappa shape index (κ3) is 4.66. The number of nitrogens with one attached hydrogen (secondary N) is 2. The van der Waals surface area contributed by atoms with Gasteiger partial charge in [0.2, 0.25) is 10.0 Å². The smallest absolute Gasteiger partial charge is 0.254 e. The average Bonchev–Trinajstić information content (AvgIpc) is 3.28. The second-order valence-corrected chi connectivity index (χ2v) is 10.7. The van der Waals surface area contributed by atoms with Gasteiger partial charge in [-0.1, -0.05) is 30.3 Å². The monoisotopic (exact) mass is 494 g/mol. The van der Waals surface area contributed by atoms with Gasteiger partial charge in [-0.2, -0.15) is 5.10 Å². The zero-order chi connectivity index (χ0) is 25.5. The molecule has 1 amide bonds. The highest BCUT2D eigenvalue weighted by molar-refractivity contribution is 7.92. The van der Waals surface area contributed by atoms with Crippen molar-refractivity contribution in [1.29, 1.82) is 0 Å². The summed E-state index contributed by atoms with van der Waals surface area (Å²) in [5.74, 6) is 0.267. The lowest BCUT2D eigenvalue weighted by Gasteiger charge is -2.17. The van der Waals surface area contributed by atoms with Gasteiger partial charge in [-0.05, 0) is 39.8 Å². The van der Waals surface area contributed by atoms with E-state index in [1.807, 2.05) is 69.8 Å². The Hall–Kier alpha value is -3.66. The summed E-state index contributed by atoms with van der Waals surface area (Å²) in [6.07, 6.45) is 0. The first-order valence-corrected chi connectivity index (χ1v) is 13.0. The largest absolute Gasteiger partial charge is 0.345 e. The minimum atomic E-state index is -3.54. The molecule has 1 unspecified atom stereocenters. The maximum atomic E-state index is 13.6. The van der Waals surface area contributed by atoms with Crippen molar-refractivity contribution in [2.24, 2.45) is 14.1 Å². The van der Waals surface area contributed by atoms with E-state index in [-0.39, 0.29) is 17.7 Å². The van der Waals surface area contributed by atoms with E-state index in [1.165, 1.54) is 0 Å². The van der Waals surface area contributed by atoms with Gasteiger partial charge >= 0.3 is 0 Å². The predicted octanol–water partition coefficient (Wildman–Crippen LogP) is 3.84. The number of imidazole rings is 1. The molecule has 4 rings (SSSR count). The molecule has 0 bridgehead atoms.